The molecule has 0 nitrogen and oxygen atoms in total. The third-order valence-electron chi connectivity index (χ3n) is 12.1. The summed E-state index contributed by atoms with van der Waals surface area (Å²) in [5, 5.41) is 0. The van der Waals surface area contributed by atoms with Gasteiger partial charge >= 0.3 is 24.7 Å². The summed E-state index contributed by atoms with van der Waals surface area (Å²) in [7, 11) is 0. The van der Waals surface area contributed by atoms with Gasteiger partial charge in [-0.05, 0) is 146 Å². The van der Waals surface area contributed by atoms with E-state index in [2.05, 4.69) is 179 Å². The molecule has 6 rings (SSSR count). The summed E-state index contributed by atoms with van der Waals surface area (Å²) in [6.45, 7) is 15.0. The Hall–Kier alpha value is -1.68. The topological polar surface area (TPSA) is 0 Å². The molecule has 0 saturated carbocycles. The number of aryl methyl sites for hydroxylation is 2. The van der Waals surface area contributed by atoms with Crippen molar-refractivity contribution in [1.82, 2.24) is 0 Å². The van der Waals surface area contributed by atoms with Crippen LogP contribution in [-0.2, 0) is 16.2 Å². The first kappa shape index (κ1) is 61.9. The van der Waals surface area contributed by atoms with Crippen LogP contribution in [0.5, 0.6) is 0 Å². The van der Waals surface area contributed by atoms with Crippen LogP contribution >= 0.6 is 127 Å². The van der Waals surface area contributed by atoms with Crippen LogP contribution in [0.15, 0.2) is 133 Å². The second-order valence-corrected chi connectivity index (χ2v) is 23.9. The van der Waals surface area contributed by atoms with Crippen LogP contribution in [0.2, 0.25) is 0 Å². The van der Waals surface area contributed by atoms with E-state index in [0.29, 0.717) is 22.3 Å². The van der Waals surface area contributed by atoms with Gasteiger partial charge in [-0.1, -0.05) is 201 Å². The molecular weight excluding hydrogens is 1480 g/mol. The number of hydrogen-bond donors (Lipinski definition) is 0. The molecule has 0 aliphatic rings. The third-order valence-corrected chi connectivity index (χ3v) is 18.7. The predicted molar refractivity (Wildman–Crippen MR) is 287 cm³/mol. The van der Waals surface area contributed by atoms with Gasteiger partial charge in [-0.3, -0.25) is 0 Å². The van der Waals surface area contributed by atoms with E-state index in [-0.39, 0.29) is 23.3 Å². The molecule has 0 unspecified atom stereocenters. The van der Waals surface area contributed by atoms with E-state index in [1.54, 1.807) is 27.7 Å². The van der Waals surface area contributed by atoms with E-state index in [0.717, 1.165) is 66.4 Å². The lowest BCUT2D eigenvalue weighted by molar-refractivity contribution is -0.290. The van der Waals surface area contributed by atoms with Crippen LogP contribution in [0.25, 0.3) is 0 Å². The summed E-state index contributed by atoms with van der Waals surface area (Å²) in [5.41, 5.74) is -4.78. The molecule has 0 fully saturated rings. The predicted octanol–water partition coefficient (Wildman–Crippen LogP) is 22.2. The van der Waals surface area contributed by atoms with Gasteiger partial charge < -0.3 is 0 Å². The molecule has 0 saturated heterocycles. The van der Waals surface area contributed by atoms with Gasteiger partial charge in [-0.15, -0.1) is 0 Å². The van der Waals surface area contributed by atoms with Crippen molar-refractivity contribution in [3.8, 4) is 0 Å². The quantitative estimate of drug-likeness (QED) is 0.146. The molecule has 0 atom stereocenters. The van der Waals surface area contributed by atoms with Gasteiger partial charge in [0.15, 0.2) is 0 Å². The van der Waals surface area contributed by atoms with Gasteiger partial charge in [0.1, 0.15) is 0 Å². The first-order chi connectivity index (χ1) is 32.3. The maximum atomic E-state index is 14.2. The number of rotatable bonds is 6. The SMILES string of the molecule is Cc1c(Br)cc(C(C)(C)c2cc(Br)c(C)c(Br)c2)cc1Br.Cc1c(Br)cc(C(c2cc(Br)c(C)c(Br)c2)(C(F)(F)F)C(F)(F)F)cc1Br.Cc1ccc(C(c2ccc(C)cc2)(C(F)(F)F)C(F)(F)F)cc1. The van der Waals surface area contributed by atoms with E-state index >= 15 is 0 Å². The molecule has 6 aromatic rings. The van der Waals surface area contributed by atoms with E-state index in [1.807, 2.05) is 0 Å². The van der Waals surface area contributed by atoms with E-state index in [4.69, 9.17) is 0 Å². The highest BCUT2D eigenvalue weighted by atomic mass is 79.9. The largest absolute Gasteiger partial charge is 0.411 e. The first-order valence-electron chi connectivity index (χ1n) is 20.5. The van der Waals surface area contributed by atoms with Crippen LogP contribution in [0, 0.1) is 41.5 Å². The molecule has 0 aliphatic heterocycles. The summed E-state index contributed by atoms with van der Waals surface area (Å²) in [6.07, 6.45) is -22.4. The molecule has 0 aromatic heterocycles. The van der Waals surface area contributed by atoms with Crippen LogP contribution < -0.4 is 0 Å². The van der Waals surface area contributed by atoms with E-state index in [1.165, 1.54) is 46.5 Å². The fraction of sp³-hybridized carbons (Fsp3) is 0.294. The van der Waals surface area contributed by atoms with Crippen LogP contribution in [0.4, 0.5) is 52.7 Å². The van der Waals surface area contributed by atoms with E-state index in [9.17, 15) is 52.7 Å². The highest BCUT2D eigenvalue weighted by Gasteiger charge is 2.73. The third kappa shape index (κ3) is 12.6. The number of halogens is 20. The van der Waals surface area contributed by atoms with Gasteiger partial charge in [-0.2, -0.15) is 52.7 Å². The molecular formula is C51H40Br8F12. The molecule has 71 heavy (non-hydrogen) atoms. The maximum Gasteiger partial charge on any atom is 0.411 e. The monoisotopic (exact) mass is 1510 g/mol. The standard InChI is InChI=1S/C17H10Br4F6.C17H16Br4.C17H14F6/c1-7-11(18)3-9(4-12(7)19)15(16(22,23)24,17(25,26)27)10-5-13(20)8(2)14(21)6-10;1-9-13(18)5-11(6-14(9)19)17(3,4)12-7-15(20)10(2)16(21)8-12;1-11-3-7-13(8-4-11)15(16(18,19)20,17(21,22)23)14-9-5-12(2)6-10-14/h3-6H,1-2H3;5-8H,1-4H3;3-10H,1-2H3. The molecule has 0 aliphatic carbocycles. The average molecular weight is 1520 g/mol. The van der Waals surface area contributed by atoms with Crippen molar-refractivity contribution >= 4 is 127 Å². The normalized spacial score (nSPS) is 12.8. The molecule has 6 aromatic carbocycles. The summed E-state index contributed by atoms with van der Waals surface area (Å²) < 4.78 is 173. The minimum Gasteiger partial charge on any atom is -0.169 e. The number of benzene rings is 6. The zero-order valence-corrected chi connectivity index (χ0v) is 51.0. The average Bonchev–Trinajstić information content (AvgIpc) is 3.22. The number of hydrogen-bond acceptors (Lipinski definition) is 0. The van der Waals surface area contributed by atoms with Gasteiger partial charge in [0.25, 0.3) is 0 Å². The van der Waals surface area contributed by atoms with Crippen LogP contribution in [-0.4, -0.2) is 24.7 Å². The smallest absolute Gasteiger partial charge is 0.169 e. The highest BCUT2D eigenvalue weighted by Crippen LogP contribution is 2.59. The van der Waals surface area contributed by atoms with Gasteiger partial charge in [0.05, 0.1) is 0 Å². The molecule has 0 heterocycles. The number of alkyl halides is 12. The maximum absolute atomic E-state index is 14.2. The summed E-state index contributed by atoms with van der Waals surface area (Å²) in [6, 6.07) is 20.8. The van der Waals surface area contributed by atoms with Crippen molar-refractivity contribution in [2.45, 2.75) is 96.3 Å². The van der Waals surface area contributed by atoms with Crippen LogP contribution in [0.3, 0.4) is 0 Å². The molecule has 20 heteroatoms. The zero-order chi connectivity index (χ0) is 54.4. The zero-order valence-electron chi connectivity index (χ0n) is 38.3. The minimum absolute atomic E-state index is 0.0858. The Morgan fingerprint density at radius 1 is 0.268 bits per heavy atom. The summed E-state index contributed by atoms with van der Waals surface area (Å²) >= 11 is 26.8. The fourth-order valence-corrected chi connectivity index (χ4v) is 12.2. The lowest BCUT2D eigenvalue weighted by Gasteiger charge is -2.39. The lowest BCUT2D eigenvalue weighted by Crippen LogP contribution is -2.54. The molecule has 0 radical (unpaired) electrons. The molecule has 384 valence electrons. The van der Waals surface area contributed by atoms with Crippen molar-refractivity contribution in [1.29, 1.82) is 0 Å². The van der Waals surface area contributed by atoms with Crippen molar-refractivity contribution in [3.63, 3.8) is 0 Å². The Balaban J connectivity index is 0.000000233. The Morgan fingerprint density at radius 3 is 0.620 bits per heavy atom. The van der Waals surface area contributed by atoms with Crippen molar-refractivity contribution in [2.24, 2.45) is 0 Å². The lowest BCUT2D eigenvalue weighted by atomic mass is 9.72. The second-order valence-electron chi connectivity index (χ2n) is 17.1. The molecule has 0 spiro atoms. The molecule has 0 N–H and O–H groups in total. The molecule has 0 bridgehead atoms. The van der Waals surface area contributed by atoms with Crippen molar-refractivity contribution in [2.75, 3.05) is 0 Å². The van der Waals surface area contributed by atoms with Gasteiger partial charge in [0.2, 0.25) is 10.8 Å². The van der Waals surface area contributed by atoms with Crippen molar-refractivity contribution < 1.29 is 52.7 Å². The summed E-state index contributed by atoms with van der Waals surface area (Å²) in [4.78, 5) is 0. The minimum atomic E-state index is -5.65. The molecule has 0 amide bonds. The van der Waals surface area contributed by atoms with E-state index < -0.39 is 57.8 Å². The van der Waals surface area contributed by atoms with Gasteiger partial charge in [-0.25, -0.2) is 0 Å². The van der Waals surface area contributed by atoms with Crippen molar-refractivity contribution in [3.05, 3.63) is 200 Å². The first-order valence-corrected chi connectivity index (χ1v) is 26.9. The Morgan fingerprint density at radius 2 is 0.437 bits per heavy atom. The highest BCUT2D eigenvalue weighted by molar-refractivity contribution is 9.12. The Labute approximate surface area is 471 Å². The second kappa shape index (κ2) is 22.9. The summed E-state index contributed by atoms with van der Waals surface area (Å²) in [5.74, 6) is 0. The fourth-order valence-electron chi connectivity index (χ4n) is 7.47. The van der Waals surface area contributed by atoms with Gasteiger partial charge in [0, 0.05) is 41.2 Å². The Kier molecular flexibility index (Phi) is 19.9. The van der Waals surface area contributed by atoms with Crippen LogP contribution in [0.1, 0.15) is 80.6 Å². The Bertz CT molecular complexity index is 2600.